The molecule has 0 aliphatic carbocycles. The minimum Gasteiger partial charge on any atom is -0.311 e. The van der Waals surface area contributed by atoms with Gasteiger partial charge in [0.1, 0.15) is 0 Å². The van der Waals surface area contributed by atoms with Crippen molar-refractivity contribution >= 4 is 34.0 Å². The number of carbonyl (C=O) groups is 2. The molecule has 0 saturated carbocycles. The summed E-state index contributed by atoms with van der Waals surface area (Å²) >= 11 is 1.44. The number of fused-ring (bicyclic) bond motifs is 1. The second kappa shape index (κ2) is 7.78. The third-order valence-corrected chi connectivity index (χ3v) is 6.06. The molecule has 0 spiro atoms. The van der Waals surface area contributed by atoms with Crippen LogP contribution in [0, 0.1) is 0 Å². The number of nitrogens with zero attached hydrogens (tertiary/aromatic N) is 3. The van der Waals surface area contributed by atoms with Gasteiger partial charge >= 0.3 is 0 Å². The van der Waals surface area contributed by atoms with Gasteiger partial charge in [0, 0.05) is 24.5 Å². The molecule has 7 heteroatoms. The number of likely N-dealkylation sites (tertiary alicyclic amines) is 1. The maximum absolute atomic E-state index is 13.0. The fourth-order valence-electron chi connectivity index (χ4n) is 4.02. The summed E-state index contributed by atoms with van der Waals surface area (Å²) in [6.07, 6.45) is 4.16. The molecule has 2 aromatic rings. The Kier molecular flexibility index (Phi) is 5.22. The lowest BCUT2D eigenvalue weighted by atomic mass is 10.00. The van der Waals surface area contributed by atoms with Crippen LogP contribution in [0.15, 0.2) is 29.6 Å². The molecular weight excluding hydrogens is 360 g/mol. The van der Waals surface area contributed by atoms with E-state index in [9.17, 15) is 9.59 Å². The molecule has 3 heterocycles. The van der Waals surface area contributed by atoms with Gasteiger partial charge in [0.25, 0.3) is 0 Å². The molecule has 27 heavy (non-hydrogen) atoms. The summed E-state index contributed by atoms with van der Waals surface area (Å²) in [7, 11) is 0. The molecule has 2 aliphatic heterocycles. The van der Waals surface area contributed by atoms with E-state index in [1.165, 1.54) is 23.8 Å². The molecule has 4 rings (SSSR count). The number of rotatable bonds is 4. The first-order valence-electron chi connectivity index (χ1n) is 9.47. The molecule has 1 unspecified atom stereocenters. The minimum absolute atomic E-state index is 0.112. The van der Waals surface area contributed by atoms with Crippen LogP contribution in [-0.2, 0) is 16.0 Å². The van der Waals surface area contributed by atoms with Crippen LogP contribution in [0.2, 0.25) is 0 Å². The van der Waals surface area contributed by atoms with Crippen LogP contribution in [0.25, 0.3) is 0 Å². The minimum atomic E-state index is -0.112. The summed E-state index contributed by atoms with van der Waals surface area (Å²) < 4.78 is 0. The molecule has 1 aromatic heterocycles. The summed E-state index contributed by atoms with van der Waals surface area (Å²) in [4.78, 5) is 33.0. The highest BCUT2D eigenvalue weighted by atomic mass is 32.1. The molecule has 0 bridgehead atoms. The van der Waals surface area contributed by atoms with Gasteiger partial charge in [-0.1, -0.05) is 24.6 Å². The quantitative estimate of drug-likeness (QED) is 0.879. The number of anilines is 2. The van der Waals surface area contributed by atoms with E-state index in [0.717, 1.165) is 50.2 Å². The zero-order chi connectivity index (χ0) is 18.8. The van der Waals surface area contributed by atoms with Gasteiger partial charge in [-0.05, 0) is 37.4 Å². The van der Waals surface area contributed by atoms with Crippen LogP contribution >= 0.6 is 11.3 Å². The van der Waals surface area contributed by atoms with Gasteiger partial charge in [-0.15, -0.1) is 11.3 Å². The molecule has 1 saturated heterocycles. The average Bonchev–Trinajstić information content (AvgIpc) is 3.28. The van der Waals surface area contributed by atoms with E-state index in [1.807, 2.05) is 28.5 Å². The van der Waals surface area contributed by atoms with E-state index in [0.29, 0.717) is 11.7 Å². The van der Waals surface area contributed by atoms with E-state index in [4.69, 9.17) is 0 Å². The van der Waals surface area contributed by atoms with Crippen LogP contribution in [0.3, 0.4) is 0 Å². The summed E-state index contributed by atoms with van der Waals surface area (Å²) in [6.45, 7) is 3.56. The zero-order valence-electron chi connectivity index (χ0n) is 15.5. The van der Waals surface area contributed by atoms with E-state index >= 15 is 0 Å². The highest BCUT2D eigenvalue weighted by Crippen LogP contribution is 2.33. The number of para-hydroxylation sites is 1. The second-order valence-corrected chi connectivity index (χ2v) is 8.02. The standard InChI is InChI=1S/C20H24N4O2S/c1-14(25)21-20-22-16(13-27-20)18-8-4-5-10-23(18)12-19(26)24-11-9-15-6-2-3-7-17(15)24/h2-3,6-7,13,18H,4-5,8-12H2,1H3,(H,21,22,25). The lowest BCUT2D eigenvalue weighted by Gasteiger charge is -2.35. The Morgan fingerprint density at radius 3 is 2.96 bits per heavy atom. The predicted molar refractivity (Wildman–Crippen MR) is 107 cm³/mol. The number of hydrogen-bond acceptors (Lipinski definition) is 5. The van der Waals surface area contributed by atoms with E-state index in [1.54, 1.807) is 0 Å². The summed E-state index contributed by atoms with van der Waals surface area (Å²) in [5.74, 6) is 0.0449. The van der Waals surface area contributed by atoms with Gasteiger partial charge in [-0.25, -0.2) is 4.98 Å². The van der Waals surface area contributed by atoms with Crippen LogP contribution in [0.5, 0.6) is 0 Å². The Labute approximate surface area is 163 Å². The Balaban J connectivity index is 1.47. The Hall–Kier alpha value is -2.25. The van der Waals surface area contributed by atoms with Crippen molar-refractivity contribution in [2.75, 3.05) is 29.9 Å². The zero-order valence-corrected chi connectivity index (χ0v) is 16.3. The molecule has 1 aromatic carbocycles. The smallest absolute Gasteiger partial charge is 0.241 e. The Bertz CT molecular complexity index is 850. The monoisotopic (exact) mass is 384 g/mol. The molecule has 2 amide bonds. The van der Waals surface area contributed by atoms with Gasteiger partial charge in [0.15, 0.2) is 5.13 Å². The Morgan fingerprint density at radius 1 is 1.26 bits per heavy atom. The van der Waals surface area contributed by atoms with Gasteiger partial charge in [-0.2, -0.15) is 0 Å². The molecule has 142 valence electrons. The third kappa shape index (κ3) is 3.89. The summed E-state index contributed by atoms with van der Waals surface area (Å²) in [5.41, 5.74) is 3.26. The first-order valence-corrected chi connectivity index (χ1v) is 10.3. The first-order chi connectivity index (χ1) is 13.1. The van der Waals surface area contributed by atoms with Crippen LogP contribution in [0.4, 0.5) is 10.8 Å². The van der Waals surface area contributed by atoms with Crippen molar-refractivity contribution in [3.8, 4) is 0 Å². The predicted octanol–water partition coefficient (Wildman–Crippen LogP) is 3.22. The van der Waals surface area contributed by atoms with Crippen molar-refractivity contribution in [3.63, 3.8) is 0 Å². The number of hydrogen-bond donors (Lipinski definition) is 1. The highest BCUT2D eigenvalue weighted by molar-refractivity contribution is 7.13. The van der Waals surface area contributed by atoms with Gasteiger partial charge in [-0.3, -0.25) is 14.5 Å². The maximum Gasteiger partial charge on any atom is 0.241 e. The van der Waals surface area contributed by atoms with Gasteiger partial charge < -0.3 is 10.2 Å². The molecule has 0 radical (unpaired) electrons. The van der Waals surface area contributed by atoms with Crippen LogP contribution in [-0.4, -0.2) is 41.3 Å². The normalized spacial score (nSPS) is 19.7. The van der Waals surface area contributed by atoms with Crippen molar-refractivity contribution in [1.82, 2.24) is 9.88 Å². The number of carbonyl (C=O) groups excluding carboxylic acids is 2. The highest BCUT2D eigenvalue weighted by Gasteiger charge is 2.31. The average molecular weight is 385 g/mol. The van der Waals surface area contributed by atoms with E-state index in [2.05, 4.69) is 21.3 Å². The van der Waals surface area contributed by atoms with Crippen molar-refractivity contribution in [3.05, 3.63) is 40.9 Å². The molecular formula is C20H24N4O2S. The third-order valence-electron chi connectivity index (χ3n) is 5.29. The number of piperidine rings is 1. The second-order valence-electron chi connectivity index (χ2n) is 7.16. The number of nitrogens with one attached hydrogen (secondary N) is 1. The van der Waals surface area contributed by atoms with Gasteiger partial charge in [0.05, 0.1) is 18.3 Å². The number of aromatic nitrogens is 1. The molecule has 1 fully saturated rings. The number of benzene rings is 1. The lowest BCUT2D eigenvalue weighted by molar-refractivity contribution is -0.120. The molecule has 1 atom stereocenters. The van der Waals surface area contributed by atoms with Crippen LogP contribution in [0.1, 0.15) is 43.5 Å². The SMILES string of the molecule is CC(=O)Nc1nc(C2CCCCN2CC(=O)N2CCc3ccccc32)cs1. The van der Waals surface area contributed by atoms with Gasteiger partial charge in [0.2, 0.25) is 11.8 Å². The Morgan fingerprint density at radius 2 is 2.11 bits per heavy atom. The summed E-state index contributed by atoms with van der Waals surface area (Å²) in [5, 5.41) is 5.38. The molecule has 1 N–H and O–H groups in total. The van der Waals surface area contributed by atoms with Crippen molar-refractivity contribution in [2.45, 2.75) is 38.6 Å². The van der Waals surface area contributed by atoms with Crippen molar-refractivity contribution < 1.29 is 9.59 Å². The number of thiazole rings is 1. The fourth-order valence-corrected chi connectivity index (χ4v) is 4.82. The van der Waals surface area contributed by atoms with E-state index in [-0.39, 0.29) is 17.9 Å². The molecule has 2 aliphatic rings. The van der Waals surface area contributed by atoms with E-state index < -0.39 is 0 Å². The fraction of sp³-hybridized carbons (Fsp3) is 0.450. The maximum atomic E-state index is 13.0. The largest absolute Gasteiger partial charge is 0.311 e. The van der Waals surface area contributed by atoms with Crippen molar-refractivity contribution in [1.29, 1.82) is 0 Å². The van der Waals surface area contributed by atoms with Crippen LogP contribution < -0.4 is 10.2 Å². The molecule has 6 nitrogen and oxygen atoms in total. The van der Waals surface area contributed by atoms with Crippen molar-refractivity contribution in [2.24, 2.45) is 0 Å². The topological polar surface area (TPSA) is 65.5 Å². The summed E-state index contributed by atoms with van der Waals surface area (Å²) in [6, 6.07) is 8.30. The number of amides is 2. The lowest BCUT2D eigenvalue weighted by Crippen LogP contribution is -2.43. The first kappa shape index (κ1) is 18.1.